The predicted octanol–water partition coefficient (Wildman–Crippen LogP) is -0.424. The van der Waals surface area contributed by atoms with E-state index in [4.69, 9.17) is 9.73 Å². The van der Waals surface area contributed by atoms with Crippen LogP contribution in [0.15, 0.2) is 4.99 Å². The first-order valence-corrected chi connectivity index (χ1v) is 7.73. The van der Waals surface area contributed by atoms with Crippen LogP contribution in [0.5, 0.6) is 0 Å². The van der Waals surface area contributed by atoms with E-state index in [1.54, 1.807) is 7.11 Å². The lowest BCUT2D eigenvalue weighted by Crippen LogP contribution is -2.62. The van der Waals surface area contributed by atoms with Gasteiger partial charge in [0.15, 0.2) is 5.96 Å². The summed E-state index contributed by atoms with van der Waals surface area (Å²) in [6, 6.07) is 0.843. The number of methoxy groups -OCH3 is 1. The minimum Gasteiger partial charge on any atom is -0.383 e. The quantitative estimate of drug-likeness (QED) is 0.512. The molecule has 20 heavy (non-hydrogen) atoms. The van der Waals surface area contributed by atoms with Crippen LogP contribution in [0.2, 0.25) is 0 Å². The van der Waals surface area contributed by atoms with Crippen LogP contribution in [0.1, 0.15) is 13.8 Å². The van der Waals surface area contributed by atoms with Gasteiger partial charge in [-0.3, -0.25) is 14.8 Å². The molecule has 3 fully saturated rings. The average molecular weight is 283 g/mol. The molecular formula is C14H29N5O. The van der Waals surface area contributed by atoms with Crippen molar-refractivity contribution in [2.75, 3.05) is 59.5 Å². The summed E-state index contributed by atoms with van der Waals surface area (Å²) >= 11 is 0. The lowest BCUT2D eigenvalue weighted by Gasteiger charge is -2.47. The molecule has 2 bridgehead atoms. The highest BCUT2D eigenvalue weighted by Crippen LogP contribution is 2.15. The maximum absolute atomic E-state index is 5.16. The minimum absolute atomic E-state index is 0.268. The van der Waals surface area contributed by atoms with Gasteiger partial charge >= 0.3 is 0 Å². The summed E-state index contributed by atoms with van der Waals surface area (Å²) in [6.07, 6.45) is 0. The van der Waals surface area contributed by atoms with E-state index in [9.17, 15) is 0 Å². The van der Waals surface area contributed by atoms with Crippen LogP contribution < -0.4 is 10.6 Å². The third-order valence-corrected chi connectivity index (χ3v) is 4.00. The van der Waals surface area contributed by atoms with E-state index in [2.05, 4.69) is 34.3 Å². The zero-order valence-corrected chi connectivity index (χ0v) is 13.1. The number of hydrogen-bond acceptors (Lipinski definition) is 4. The Bertz CT molecular complexity index is 315. The number of ether oxygens (including phenoxy) is 1. The molecule has 0 aromatic rings. The normalized spacial score (nSPS) is 31.1. The van der Waals surface area contributed by atoms with Crippen molar-refractivity contribution in [3.8, 4) is 0 Å². The maximum Gasteiger partial charge on any atom is 0.191 e. The molecule has 3 heterocycles. The molecule has 0 radical (unpaired) electrons. The number of guanidine groups is 1. The van der Waals surface area contributed by atoms with Gasteiger partial charge in [-0.2, -0.15) is 0 Å². The van der Waals surface area contributed by atoms with Crippen LogP contribution in [0.4, 0.5) is 0 Å². The first-order valence-electron chi connectivity index (χ1n) is 7.73. The lowest BCUT2D eigenvalue weighted by molar-refractivity contribution is 0.0174. The Morgan fingerprint density at radius 3 is 2.65 bits per heavy atom. The molecule has 3 aliphatic heterocycles. The summed E-state index contributed by atoms with van der Waals surface area (Å²) in [6.45, 7) is 12.6. The molecule has 6 nitrogen and oxygen atoms in total. The summed E-state index contributed by atoms with van der Waals surface area (Å²) in [5.41, 5.74) is 0. The van der Waals surface area contributed by atoms with Crippen LogP contribution in [0, 0.1) is 0 Å². The SMILES string of the molecule is CCNC(=NCC1CN2CCN1CC2)NC(C)COC. The second kappa shape index (κ2) is 7.81. The van der Waals surface area contributed by atoms with Crippen molar-refractivity contribution in [2.24, 2.45) is 4.99 Å². The zero-order valence-electron chi connectivity index (χ0n) is 13.1. The largest absolute Gasteiger partial charge is 0.383 e. The van der Waals surface area contributed by atoms with Gasteiger partial charge in [-0.15, -0.1) is 0 Å². The van der Waals surface area contributed by atoms with Crippen molar-refractivity contribution >= 4 is 5.96 Å². The van der Waals surface area contributed by atoms with Crippen LogP contribution in [-0.2, 0) is 4.74 Å². The van der Waals surface area contributed by atoms with E-state index in [-0.39, 0.29) is 6.04 Å². The third-order valence-electron chi connectivity index (χ3n) is 4.00. The molecule has 0 saturated carbocycles. The number of piperazine rings is 3. The fourth-order valence-electron chi connectivity index (χ4n) is 2.94. The van der Waals surface area contributed by atoms with E-state index in [1.165, 1.54) is 26.2 Å². The summed E-state index contributed by atoms with van der Waals surface area (Å²) in [4.78, 5) is 9.87. The minimum atomic E-state index is 0.268. The molecule has 116 valence electrons. The van der Waals surface area contributed by atoms with E-state index in [0.29, 0.717) is 12.6 Å². The van der Waals surface area contributed by atoms with E-state index in [0.717, 1.165) is 25.6 Å². The fraction of sp³-hybridized carbons (Fsp3) is 0.929. The van der Waals surface area contributed by atoms with Gasteiger partial charge in [-0.05, 0) is 13.8 Å². The van der Waals surface area contributed by atoms with Crippen molar-refractivity contribution in [2.45, 2.75) is 25.9 Å². The summed E-state index contributed by atoms with van der Waals surface area (Å²) < 4.78 is 5.16. The van der Waals surface area contributed by atoms with Gasteiger partial charge in [-0.1, -0.05) is 0 Å². The number of fused-ring (bicyclic) bond motifs is 3. The molecule has 2 N–H and O–H groups in total. The Balaban J connectivity index is 1.85. The highest BCUT2D eigenvalue weighted by atomic mass is 16.5. The van der Waals surface area contributed by atoms with Crippen LogP contribution in [0.3, 0.4) is 0 Å². The van der Waals surface area contributed by atoms with Gasteiger partial charge < -0.3 is 15.4 Å². The summed E-state index contributed by atoms with van der Waals surface area (Å²) in [7, 11) is 1.72. The molecule has 2 unspecified atom stereocenters. The Labute approximate surface area is 122 Å². The Kier molecular flexibility index (Phi) is 6.06. The predicted molar refractivity (Wildman–Crippen MR) is 82.3 cm³/mol. The van der Waals surface area contributed by atoms with Gasteiger partial charge in [0.25, 0.3) is 0 Å². The molecule has 3 rings (SSSR count). The Morgan fingerprint density at radius 1 is 1.35 bits per heavy atom. The van der Waals surface area contributed by atoms with Crippen molar-refractivity contribution in [3.05, 3.63) is 0 Å². The number of hydrogen-bond donors (Lipinski definition) is 2. The van der Waals surface area contributed by atoms with Gasteiger partial charge in [0, 0.05) is 58.5 Å². The van der Waals surface area contributed by atoms with Gasteiger partial charge in [-0.25, -0.2) is 0 Å². The smallest absolute Gasteiger partial charge is 0.191 e. The van der Waals surface area contributed by atoms with E-state index < -0.39 is 0 Å². The standard InChI is InChI=1S/C14H29N5O/c1-4-15-14(17-12(2)11-20-3)16-9-13-10-18-5-7-19(13)8-6-18/h12-13H,4-11H2,1-3H3,(H2,15,16,17). The second-order valence-electron chi connectivity index (χ2n) is 5.71. The Morgan fingerprint density at radius 2 is 2.10 bits per heavy atom. The number of nitrogens with zero attached hydrogens (tertiary/aromatic N) is 3. The van der Waals surface area contributed by atoms with Crippen LogP contribution in [-0.4, -0.2) is 87.4 Å². The third kappa shape index (κ3) is 4.33. The molecule has 2 atom stereocenters. The first kappa shape index (κ1) is 15.5. The summed E-state index contributed by atoms with van der Waals surface area (Å²) in [5.74, 6) is 0.898. The average Bonchev–Trinajstić information content (AvgIpc) is 2.46. The van der Waals surface area contributed by atoms with Gasteiger partial charge in [0.2, 0.25) is 0 Å². The first-order chi connectivity index (χ1) is 9.72. The molecule has 0 aromatic carbocycles. The van der Waals surface area contributed by atoms with Crippen molar-refractivity contribution in [1.29, 1.82) is 0 Å². The number of rotatable bonds is 6. The van der Waals surface area contributed by atoms with Gasteiger partial charge in [0.05, 0.1) is 13.2 Å². The van der Waals surface area contributed by atoms with Crippen LogP contribution in [0.25, 0.3) is 0 Å². The maximum atomic E-state index is 5.16. The molecule has 0 aromatic heterocycles. The number of nitrogens with one attached hydrogen (secondary N) is 2. The molecule has 0 amide bonds. The lowest BCUT2D eigenvalue weighted by atomic mass is 10.1. The van der Waals surface area contributed by atoms with Crippen molar-refractivity contribution < 1.29 is 4.74 Å². The number of aliphatic imine (C=N–C) groups is 1. The highest BCUT2D eigenvalue weighted by molar-refractivity contribution is 5.80. The van der Waals surface area contributed by atoms with Crippen LogP contribution >= 0.6 is 0 Å². The zero-order chi connectivity index (χ0) is 14.4. The van der Waals surface area contributed by atoms with E-state index in [1.807, 2.05) is 0 Å². The second-order valence-corrected chi connectivity index (χ2v) is 5.71. The Hall–Kier alpha value is -0.850. The summed E-state index contributed by atoms with van der Waals surface area (Å²) in [5, 5.41) is 6.69. The molecule has 6 heteroatoms. The topological polar surface area (TPSA) is 52.1 Å². The molecule has 3 saturated heterocycles. The molecular weight excluding hydrogens is 254 g/mol. The monoisotopic (exact) mass is 283 g/mol. The highest BCUT2D eigenvalue weighted by Gasteiger charge is 2.31. The van der Waals surface area contributed by atoms with E-state index >= 15 is 0 Å². The van der Waals surface area contributed by atoms with Crippen molar-refractivity contribution in [1.82, 2.24) is 20.4 Å². The molecule has 3 aliphatic rings. The van der Waals surface area contributed by atoms with Gasteiger partial charge in [0.1, 0.15) is 0 Å². The van der Waals surface area contributed by atoms with Crippen molar-refractivity contribution in [3.63, 3.8) is 0 Å². The fourth-order valence-corrected chi connectivity index (χ4v) is 2.94. The molecule has 0 spiro atoms. The molecule has 0 aliphatic carbocycles.